The van der Waals surface area contributed by atoms with E-state index >= 15 is 4.39 Å². The number of aromatic nitrogens is 1. The molecule has 0 amide bonds. The Balaban J connectivity index is 1.75. The summed E-state index contributed by atoms with van der Waals surface area (Å²) in [5.74, 6) is 0. The Morgan fingerprint density at radius 1 is 1.33 bits per heavy atom. The van der Waals surface area contributed by atoms with Gasteiger partial charge in [-0.05, 0) is 40.8 Å². The summed E-state index contributed by atoms with van der Waals surface area (Å²) in [5, 5.41) is 3.80. The van der Waals surface area contributed by atoms with Gasteiger partial charge in [0, 0.05) is 18.7 Å². The molecule has 27 heavy (non-hydrogen) atoms. The molecule has 0 aliphatic heterocycles. The maximum atomic E-state index is 15.9. The maximum Gasteiger partial charge on any atom is 0.161 e. The fourth-order valence-corrected chi connectivity index (χ4v) is 6.13. The SMILES string of the molecule is N[C@H]1CCCC[C@]1(F)c1sc2c(NCc3ccccc3)cc(Cl)nc2c1Br. The highest BCUT2D eigenvalue weighted by atomic mass is 79.9. The highest BCUT2D eigenvalue weighted by Gasteiger charge is 2.44. The van der Waals surface area contributed by atoms with Crippen LogP contribution in [0.5, 0.6) is 0 Å². The number of hydrogen-bond donors (Lipinski definition) is 2. The molecule has 1 saturated carbocycles. The first kappa shape index (κ1) is 19.1. The molecule has 2 heterocycles. The van der Waals surface area contributed by atoms with Crippen molar-refractivity contribution in [3.8, 4) is 0 Å². The van der Waals surface area contributed by atoms with Crippen LogP contribution in [-0.2, 0) is 12.2 Å². The van der Waals surface area contributed by atoms with Crippen LogP contribution in [0.2, 0.25) is 5.15 Å². The lowest BCUT2D eigenvalue weighted by Gasteiger charge is -2.34. The minimum Gasteiger partial charge on any atom is -0.380 e. The van der Waals surface area contributed by atoms with Crippen molar-refractivity contribution in [3.05, 3.63) is 56.5 Å². The van der Waals surface area contributed by atoms with Gasteiger partial charge in [0.25, 0.3) is 0 Å². The number of alkyl halides is 1. The van der Waals surface area contributed by atoms with Crippen LogP contribution in [0.15, 0.2) is 40.9 Å². The fraction of sp³-hybridized carbons (Fsp3) is 0.350. The number of benzene rings is 1. The third-order valence-electron chi connectivity index (χ3n) is 5.15. The van der Waals surface area contributed by atoms with Crippen LogP contribution in [0.25, 0.3) is 10.2 Å². The molecule has 0 unspecified atom stereocenters. The molecule has 7 heteroatoms. The summed E-state index contributed by atoms with van der Waals surface area (Å²) >= 11 is 11.2. The van der Waals surface area contributed by atoms with Gasteiger partial charge in [0.2, 0.25) is 0 Å². The van der Waals surface area contributed by atoms with Crippen molar-refractivity contribution in [2.75, 3.05) is 5.32 Å². The molecule has 0 radical (unpaired) electrons. The molecule has 0 bridgehead atoms. The van der Waals surface area contributed by atoms with Crippen LogP contribution in [0.4, 0.5) is 10.1 Å². The highest BCUT2D eigenvalue weighted by molar-refractivity contribution is 9.10. The van der Waals surface area contributed by atoms with Gasteiger partial charge in [-0.1, -0.05) is 48.4 Å². The largest absolute Gasteiger partial charge is 0.380 e. The summed E-state index contributed by atoms with van der Waals surface area (Å²) in [6, 6.07) is 11.4. The van der Waals surface area contributed by atoms with E-state index in [-0.39, 0.29) is 0 Å². The second-order valence-corrected chi connectivity index (χ2v) is 9.17. The van der Waals surface area contributed by atoms with Gasteiger partial charge in [0.05, 0.1) is 25.3 Å². The van der Waals surface area contributed by atoms with E-state index in [1.54, 1.807) is 6.07 Å². The first-order valence-electron chi connectivity index (χ1n) is 9.00. The predicted molar refractivity (Wildman–Crippen MR) is 115 cm³/mol. The van der Waals surface area contributed by atoms with Crippen LogP contribution < -0.4 is 11.1 Å². The number of rotatable bonds is 4. The van der Waals surface area contributed by atoms with Gasteiger partial charge in [-0.25, -0.2) is 9.37 Å². The number of halogens is 3. The predicted octanol–water partition coefficient (Wildman–Crippen LogP) is 6.39. The number of hydrogen-bond acceptors (Lipinski definition) is 4. The Bertz CT molecular complexity index is 965. The molecule has 3 nitrogen and oxygen atoms in total. The van der Waals surface area contributed by atoms with Gasteiger partial charge < -0.3 is 11.1 Å². The summed E-state index contributed by atoms with van der Waals surface area (Å²) in [5.41, 5.74) is 7.37. The van der Waals surface area contributed by atoms with Gasteiger partial charge in [-0.3, -0.25) is 0 Å². The Hall–Kier alpha value is -1.21. The van der Waals surface area contributed by atoms with Crippen molar-refractivity contribution in [2.24, 2.45) is 5.73 Å². The third kappa shape index (κ3) is 3.60. The van der Waals surface area contributed by atoms with E-state index in [0.29, 0.717) is 39.4 Å². The lowest BCUT2D eigenvalue weighted by atomic mass is 9.81. The lowest BCUT2D eigenvalue weighted by molar-refractivity contribution is 0.0830. The minimum absolute atomic E-state index is 0.379. The molecule has 0 saturated heterocycles. The first-order valence-corrected chi connectivity index (χ1v) is 11.0. The zero-order chi connectivity index (χ0) is 19.0. The van der Waals surface area contributed by atoms with Gasteiger partial charge in [-0.15, -0.1) is 11.3 Å². The Morgan fingerprint density at radius 3 is 2.85 bits per heavy atom. The summed E-state index contributed by atoms with van der Waals surface area (Å²) in [6.45, 7) is 0.654. The summed E-state index contributed by atoms with van der Waals surface area (Å²) in [7, 11) is 0. The van der Waals surface area contributed by atoms with E-state index in [1.807, 2.05) is 18.2 Å². The molecule has 4 rings (SSSR count). The maximum absolute atomic E-state index is 15.9. The molecule has 3 N–H and O–H groups in total. The molecule has 1 fully saturated rings. The molecular weight excluding hydrogens is 449 g/mol. The minimum atomic E-state index is -1.52. The second-order valence-electron chi connectivity index (χ2n) is 6.97. The summed E-state index contributed by atoms with van der Waals surface area (Å²) < 4.78 is 17.4. The average molecular weight is 469 g/mol. The number of pyridine rings is 1. The molecule has 1 aliphatic rings. The van der Waals surface area contributed by atoms with Crippen molar-refractivity contribution in [3.63, 3.8) is 0 Å². The average Bonchev–Trinajstić information content (AvgIpc) is 3.00. The van der Waals surface area contributed by atoms with E-state index in [9.17, 15) is 0 Å². The highest BCUT2D eigenvalue weighted by Crippen LogP contribution is 2.50. The first-order chi connectivity index (χ1) is 13.0. The van der Waals surface area contributed by atoms with Gasteiger partial charge in [-0.2, -0.15) is 0 Å². The number of nitrogens with two attached hydrogens (primary N) is 1. The summed E-state index contributed by atoms with van der Waals surface area (Å²) in [6.07, 6.45) is 2.96. The van der Waals surface area contributed by atoms with Crippen LogP contribution in [0.3, 0.4) is 0 Å². The van der Waals surface area contributed by atoms with Gasteiger partial charge >= 0.3 is 0 Å². The van der Waals surface area contributed by atoms with E-state index in [0.717, 1.165) is 28.8 Å². The number of nitrogens with one attached hydrogen (secondary N) is 1. The molecule has 1 aliphatic carbocycles. The monoisotopic (exact) mass is 467 g/mol. The molecule has 1 aromatic carbocycles. The molecule has 2 aromatic heterocycles. The molecule has 2 atom stereocenters. The van der Waals surface area contributed by atoms with E-state index in [2.05, 4.69) is 38.4 Å². The van der Waals surface area contributed by atoms with Crippen LogP contribution in [0.1, 0.15) is 36.1 Å². The van der Waals surface area contributed by atoms with E-state index in [1.165, 1.54) is 11.3 Å². The topological polar surface area (TPSA) is 50.9 Å². The molecule has 3 aromatic rings. The third-order valence-corrected chi connectivity index (χ3v) is 7.74. The Kier molecular flexibility index (Phi) is 5.43. The second kappa shape index (κ2) is 7.66. The van der Waals surface area contributed by atoms with Crippen LogP contribution in [0, 0.1) is 0 Å². The van der Waals surface area contributed by atoms with Crippen molar-refractivity contribution in [2.45, 2.75) is 43.9 Å². The molecule has 142 valence electrons. The molecular formula is C20H20BrClFN3S. The number of anilines is 1. The lowest BCUT2D eigenvalue weighted by Crippen LogP contribution is -2.44. The zero-order valence-electron chi connectivity index (χ0n) is 14.6. The number of fused-ring (bicyclic) bond motifs is 1. The van der Waals surface area contributed by atoms with Crippen molar-refractivity contribution >= 4 is 54.8 Å². The summed E-state index contributed by atoms with van der Waals surface area (Å²) in [4.78, 5) is 5.07. The van der Waals surface area contributed by atoms with Gasteiger partial charge in [0.15, 0.2) is 5.67 Å². The van der Waals surface area contributed by atoms with Crippen molar-refractivity contribution < 1.29 is 4.39 Å². The number of thiophene rings is 1. The smallest absolute Gasteiger partial charge is 0.161 e. The Morgan fingerprint density at radius 2 is 2.11 bits per heavy atom. The normalized spacial score (nSPS) is 22.9. The zero-order valence-corrected chi connectivity index (χ0v) is 17.8. The van der Waals surface area contributed by atoms with Gasteiger partial charge in [0.1, 0.15) is 5.15 Å². The van der Waals surface area contributed by atoms with Crippen LogP contribution >= 0.6 is 38.9 Å². The van der Waals surface area contributed by atoms with E-state index < -0.39 is 11.7 Å². The van der Waals surface area contributed by atoms with E-state index in [4.69, 9.17) is 17.3 Å². The van der Waals surface area contributed by atoms with Crippen molar-refractivity contribution in [1.82, 2.24) is 4.98 Å². The number of nitrogens with zero attached hydrogens (tertiary/aromatic N) is 1. The fourth-order valence-electron chi connectivity index (χ4n) is 3.64. The van der Waals surface area contributed by atoms with Crippen LogP contribution in [-0.4, -0.2) is 11.0 Å². The standard InChI is InChI=1S/C20H20BrClFN3S/c21-16-17-18(27-19(16)20(23)9-5-4-8-14(20)24)13(10-15(22)26-17)25-11-12-6-2-1-3-7-12/h1-3,6-7,10,14H,4-5,8-9,11,24H2,(H,25,26)/t14-,20+/m0/s1. The van der Waals surface area contributed by atoms with Crippen molar-refractivity contribution in [1.29, 1.82) is 0 Å². The quantitative estimate of drug-likeness (QED) is 0.436. The molecule has 0 spiro atoms. The Labute approximate surface area is 175 Å².